The van der Waals surface area contributed by atoms with E-state index in [1.807, 2.05) is 0 Å². The largest absolute Gasteiger partial charge is 0.358 e. The third-order valence-electron chi connectivity index (χ3n) is 2.29. The SMILES string of the molecule is CC1CNC(C2CCCS2)O1. The Kier molecular flexibility index (Phi) is 2.39. The Morgan fingerprint density at radius 2 is 2.45 bits per heavy atom. The number of hydrogen-bond donors (Lipinski definition) is 1. The summed E-state index contributed by atoms with van der Waals surface area (Å²) >= 11 is 2.05. The Balaban J connectivity index is 1.85. The van der Waals surface area contributed by atoms with Crippen LogP contribution in [0.1, 0.15) is 19.8 Å². The van der Waals surface area contributed by atoms with Crippen LogP contribution >= 0.6 is 11.8 Å². The Morgan fingerprint density at radius 3 is 3.00 bits per heavy atom. The summed E-state index contributed by atoms with van der Waals surface area (Å²) in [6, 6.07) is 0. The molecule has 0 aliphatic carbocycles. The normalized spacial score (nSPS) is 45.0. The first kappa shape index (κ1) is 7.90. The van der Waals surface area contributed by atoms with E-state index >= 15 is 0 Å². The molecule has 0 saturated carbocycles. The van der Waals surface area contributed by atoms with E-state index in [0.717, 1.165) is 11.8 Å². The molecule has 2 rings (SSSR count). The van der Waals surface area contributed by atoms with Crippen molar-refractivity contribution < 1.29 is 4.74 Å². The van der Waals surface area contributed by atoms with Crippen molar-refractivity contribution in [3.63, 3.8) is 0 Å². The van der Waals surface area contributed by atoms with E-state index in [1.54, 1.807) is 0 Å². The maximum absolute atomic E-state index is 5.71. The smallest absolute Gasteiger partial charge is 0.120 e. The summed E-state index contributed by atoms with van der Waals surface area (Å²) < 4.78 is 5.71. The second-order valence-electron chi connectivity index (χ2n) is 3.33. The van der Waals surface area contributed by atoms with Crippen LogP contribution in [-0.4, -0.2) is 29.9 Å². The topological polar surface area (TPSA) is 21.3 Å². The lowest BCUT2D eigenvalue weighted by atomic mass is 10.2. The van der Waals surface area contributed by atoms with Gasteiger partial charge in [-0.1, -0.05) is 0 Å². The third-order valence-corrected chi connectivity index (χ3v) is 3.72. The molecule has 64 valence electrons. The van der Waals surface area contributed by atoms with Crippen molar-refractivity contribution in [3.05, 3.63) is 0 Å². The van der Waals surface area contributed by atoms with Crippen molar-refractivity contribution in [2.45, 2.75) is 37.3 Å². The van der Waals surface area contributed by atoms with Crippen LogP contribution in [0.5, 0.6) is 0 Å². The van der Waals surface area contributed by atoms with Crippen LogP contribution in [0.2, 0.25) is 0 Å². The van der Waals surface area contributed by atoms with E-state index in [4.69, 9.17) is 4.74 Å². The van der Waals surface area contributed by atoms with Gasteiger partial charge in [-0.05, 0) is 25.5 Å². The monoisotopic (exact) mass is 173 g/mol. The molecule has 0 aromatic heterocycles. The number of nitrogens with one attached hydrogen (secondary N) is 1. The molecule has 3 atom stereocenters. The lowest BCUT2D eigenvalue weighted by Gasteiger charge is -2.16. The Hall–Kier alpha value is 0.270. The number of thioether (sulfide) groups is 1. The molecule has 2 nitrogen and oxygen atoms in total. The second-order valence-corrected chi connectivity index (χ2v) is 4.67. The average Bonchev–Trinajstić information content (AvgIpc) is 2.55. The van der Waals surface area contributed by atoms with E-state index in [0.29, 0.717) is 12.3 Å². The van der Waals surface area contributed by atoms with Crippen molar-refractivity contribution in [3.8, 4) is 0 Å². The molecule has 3 heteroatoms. The summed E-state index contributed by atoms with van der Waals surface area (Å²) in [4.78, 5) is 0. The van der Waals surface area contributed by atoms with Gasteiger partial charge in [0.15, 0.2) is 0 Å². The van der Waals surface area contributed by atoms with Crippen LogP contribution < -0.4 is 5.32 Å². The standard InChI is InChI=1S/C8H15NOS/c1-6-5-9-8(10-6)7-3-2-4-11-7/h6-9H,2-5H2,1H3. The molecule has 2 saturated heterocycles. The summed E-state index contributed by atoms with van der Waals surface area (Å²) in [5.74, 6) is 1.32. The van der Waals surface area contributed by atoms with Crippen LogP contribution in [0.4, 0.5) is 0 Å². The van der Waals surface area contributed by atoms with Gasteiger partial charge in [0, 0.05) is 11.8 Å². The molecule has 1 N–H and O–H groups in total. The van der Waals surface area contributed by atoms with Gasteiger partial charge >= 0.3 is 0 Å². The Morgan fingerprint density at radius 1 is 1.55 bits per heavy atom. The van der Waals surface area contributed by atoms with Crippen LogP contribution in [0.25, 0.3) is 0 Å². The summed E-state index contributed by atoms with van der Waals surface area (Å²) in [5, 5.41) is 4.13. The zero-order chi connectivity index (χ0) is 7.68. The summed E-state index contributed by atoms with van der Waals surface area (Å²) in [5.41, 5.74) is 0. The van der Waals surface area contributed by atoms with Gasteiger partial charge in [0.2, 0.25) is 0 Å². The van der Waals surface area contributed by atoms with Gasteiger partial charge in [-0.25, -0.2) is 0 Å². The first-order chi connectivity index (χ1) is 5.36. The first-order valence-corrected chi connectivity index (χ1v) is 5.41. The summed E-state index contributed by atoms with van der Waals surface area (Å²) in [6.07, 6.45) is 3.46. The van der Waals surface area contributed by atoms with E-state index < -0.39 is 0 Å². The maximum Gasteiger partial charge on any atom is 0.120 e. The molecule has 0 radical (unpaired) electrons. The molecule has 0 aromatic carbocycles. The Labute approximate surface area is 72.1 Å². The zero-order valence-electron chi connectivity index (χ0n) is 6.88. The highest BCUT2D eigenvalue weighted by Crippen LogP contribution is 2.30. The molecule has 2 aliphatic rings. The lowest BCUT2D eigenvalue weighted by Crippen LogP contribution is -2.32. The quantitative estimate of drug-likeness (QED) is 0.644. The minimum absolute atomic E-state index is 0.345. The predicted octanol–water partition coefficient (Wildman–Crippen LogP) is 1.22. The molecule has 0 bridgehead atoms. The first-order valence-electron chi connectivity index (χ1n) is 4.37. The highest BCUT2D eigenvalue weighted by Gasteiger charge is 2.31. The Bertz CT molecular complexity index is 136. The average molecular weight is 173 g/mol. The van der Waals surface area contributed by atoms with Gasteiger partial charge in [-0.15, -0.1) is 0 Å². The van der Waals surface area contributed by atoms with Gasteiger partial charge in [0.1, 0.15) is 6.23 Å². The minimum atomic E-state index is 0.345. The van der Waals surface area contributed by atoms with Gasteiger partial charge in [0.05, 0.1) is 6.10 Å². The van der Waals surface area contributed by atoms with Gasteiger partial charge in [-0.3, -0.25) is 5.32 Å². The van der Waals surface area contributed by atoms with E-state index in [9.17, 15) is 0 Å². The number of ether oxygens (including phenoxy) is 1. The molecule has 2 aliphatic heterocycles. The summed E-state index contributed by atoms with van der Waals surface area (Å²) in [7, 11) is 0. The molecular formula is C8H15NOS. The van der Waals surface area contributed by atoms with Crippen LogP contribution in [0, 0.1) is 0 Å². The van der Waals surface area contributed by atoms with E-state index in [1.165, 1.54) is 18.6 Å². The van der Waals surface area contributed by atoms with E-state index in [-0.39, 0.29) is 0 Å². The number of hydrogen-bond acceptors (Lipinski definition) is 3. The fourth-order valence-corrected chi connectivity index (χ4v) is 2.99. The van der Waals surface area contributed by atoms with Crippen molar-refractivity contribution in [1.29, 1.82) is 0 Å². The summed E-state index contributed by atoms with van der Waals surface area (Å²) in [6.45, 7) is 3.16. The highest BCUT2D eigenvalue weighted by molar-refractivity contribution is 8.00. The van der Waals surface area contributed by atoms with Crippen molar-refractivity contribution in [2.75, 3.05) is 12.3 Å². The van der Waals surface area contributed by atoms with Gasteiger partial charge < -0.3 is 4.74 Å². The predicted molar refractivity (Wildman–Crippen MR) is 47.8 cm³/mol. The van der Waals surface area contributed by atoms with E-state index in [2.05, 4.69) is 24.0 Å². The van der Waals surface area contributed by atoms with Crippen LogP contribution in [-0.2, 0) is 4.74 Å². The number of rotatable bonds is 1. The van der Waals surface area contributed by atoms with Crippen LogP contribution in [0.15, 0.2) is 0 Å². The zero-order valence-corrected chi connectivity index (χ0v) is 7.69. The van der Waals surface area contributed by atoms with Gasteiger partial charge in [0.25, 0.3) is 0 Å². The van der Waals surface area contributed by atoms with Gasteiger partial charge in [-0.2, -0.15) is 11.8 Å². The minimum Gasteiger partial charge on any atom is -0.358 e. The highest BCUT2D eigenvalue weighted by atomic mass is 32.2. The molecule has 11 heavy (non-hydrogen) atoms. The molecular weight excluding hydrogens is 158 g/mol. The molecule has 0 aromatic rings. The molecule has 2 fully saturated rings. The molecule has 0 amide bonds. The molecule has 3 unspecified atom stereocenters. The fourth-order valence-electron chi connectivity index (χ4n) is 1.69. The van der Waals surface area contributed by atoms with Crippen LogP contribution in [0.3, 0.4) is 0 Å². The molecule has 2 heterocycles. The van der Waals surface area contributed by atoms with Crippen molar-refractivity contribution in [1.82, 2.24) is 5.32 Å². The van der Waals surface area contributed by atoms with Crippen molar-refractivity contribution in [2.24, 2.45) is 0 Å². The fraction of sp³-hybridized carbons (Fsp3) is 1.00. The third kappa shape index (κ3) is 1.71. The second kappa shape index (κ2) is 3.33. The maximum atomic E-state index is 5.71. The molecule has 0 spiro atoms. The lowest BCUT2D eigenvalue weighted by molar-refractivity contribution is 0.0500. The van der Waals surface area contributed by atoms with Crippen molar-refractivity contribution >= 4 is 11.8 Å².